The standard InChI is InChI=1S/C25H46O2Si2/c1-24-15-13-19(26-28(3,4)5)17-18(24)9-10-20-21-11-12-23(27-29(6,7)8)25(21,2)16-14-22(20)24/h17,19-23H,9-16H2,1-8H3/t19-,20-,21-,22-,23-,24-,25-/m0/s1. The summed E-state index contributed by atoms with van der Waals surface area (Å²) >= 11 is 0. The number of rotatable bonds is 4. The highest BCUT2D eigenvalue weighted by Gasteiger charge is 2.59. The highest BCUT2D eigenvalue weighted by atomic mass is 28.4. The Bertz CT molecular complexity index is 661. The van der Waals surface area contributed by atoms with Crippen molar-refractivity contribution < 1.29 is 8.85 Å². The van der Waals surface area contributed by atoms with Crippen LogP contribution in [-0.2, 0) is 8.85 Å². The van der Waals surface area contributed by atoms with Gasteiger partial charge in [-0.05, 0) is 119 Å². The average Bonchev–Trinajstić information content (AvgIpc) is 2.89. The molecule has 0 radical (unpaired) electrons. The van der Waals surface area contributed by atoms with Crippen LogP contribution in [0, 0.1) is 28.6 Å². The summed E-state index contributed by atoms with van der Waals surface area (Å²) in [6.45, 7) is 19.3. The summed E-state index contributed by atoms with van der Waals surface area (Å²) in [5, 5.41) is 0. The molecule has 0 bridgehead atoms. The van der Waals surface area contributed by atoms with Gasteiger partial charge in [0.2, 0.25) is 0 Å². The molecular formula is C25H46O2Si2. The molecule has 166 valence electrons. The van der Waals surface area contributed by atoms with E-state index in [1.54, 1.807) is 5.57 Å². The first-order chi connectivity index (χ1) is 13.3. The van der Waals surface area contributed by atoms with Gasteiger partial charge in [0.1, 0.15) is 0 Å². The SMILES string of the molecule is C[C@]12CC[C@H]3[C@@H](CCC4=C[C@@H](O[Si](C)(C)C)CC[C@@]43C)[C@@H]1CC[C@@H]2O[Si](C)(C)C. The van der Waals surface area contributed by atoms with E-state index in [2.05, 4.69) is 59.2 Å². The van der Waals surface area contributed by atoms with Crippen LogP contribution in [0.4, 0.5) is 0 Å². The van der Waals surface area contributed by atoms with Crippen LogP contribution >= 0.6 is 0 Å². The van der Waals surface area contributed by atoms with E-state index in [0.29, 0.717) is 23.0 Å². The second kappa shape index (κ2) is 7.32. The van der Waals surface area contributed by atoms with Crippen molar-refractivity contribution in [2.24, 2.45) is 28.6 Å². The molecule has 7 atom stereocenters. The van der Waals surface area contributed by atoms with Crippen LogP contribution in [0.5, 0.6) is 0 Å². The van der Waals surface area contributed by atoms with Crippen molar-refractivity contribution in [1.29, 1.82) is 0 Å². The Morgan fingerprint density at radius 1 is 0.793 bits per heavy atom. The predicted octanol–water partition coefficient (Wildman–Crippen LogP) is 7.39. The Morgan fingerprint density at radius 3 is 2.14 bits per heavy atom. The first-order valence-electron chi connectivity index (χ1n) is 12.4. The van der Waals surface area contributed by atoms with Gasteiger partial charge in [0.05, 0.1) is 12.2 Å². The van der Waals surface area contributed by atoms with Crippen molar-refractivity contribution in [3.8, 4) is 0 Å². The van der Waals surface area contributed by atoms with Crippen LogP contribution in [-0.4, -0.2) is 28.8 Å². The Labute approximate surface area is 182 Å². The molecule has 2 nitrogen and oxygen atoms in total. The summed E-state index contributed by atoms with van der Waals surface area (Å²) in [6.07, 6.45) is 14.3. The fourth-order valence-corrected chi connectivity index (χ4v) is 10.2. The Balaban J connectivity index is 1.54. The molecule has 3 saturated carbocycles. The number of hydrogen-bond acceptors (Lipinski definition) is 2. The van der Waals surface area contributed by atoms with Gasteiger partial charge in [-0.25, -0.2) is 0 Å². The zero-order valence-electron chi connectivity index (χ0n) is 20.4. The van der Waals surface area contributed by atoms with Crippen molar-refractivity contribution in [2.75, 3.05) is 0 Å². The molecule has 29 heavy (non-hydrogen) atoms. The molecule has 0 amide bonds. The van der Waals surface area contributed by atoms with Crippen molar-refractivity contribution in [3.63, 3.8) is 0 Å². The molecule has 4 aliphatic rings. The Hall–Kier alpha value is 0.0938. The zero-order chi connectivity index (χ0) is 21.2. The van der Waals surface area contributed by atoms with Crippen LogP contribution in [0.2, 0.25) is 39.3 Å². The fraction of sp³-hybridized carbons (Fsp3) is 0.920. The molecule has 4 aliphatic carbocycles. The quantitative estimate of drug-likeness (QED) is 0.339. The molecule has 0 aromatic heterocycles. The highest BCUT2D eigenvalue weighted by Crippen LogP contribution is 2.66. The molecule has 0 spiro atoms. The first kappa shape index (κ1) is 22.3. The summed E-state index contributed by atoms with van der Waals surface area (Å²) in [6, 6.07) is 0. The predicted molar refractivity (Wildman–Crippen MR) is 128 cm³/mol. The highest BCUT2D eigenvalue weighted by molar-refractivity contribution is 6.70. The smallest absolute Gasteiger partial charge is 0.184 e. The van der Waals surface area contributed by atoms with Crippen LogP contribution in [0.3, 0.4) is 0 Å². The molecule has 0 saturated heterocycles. The maximum atomic E-state index is 6.76. The Morgan fingerprint density at radius 2 is 1.48 bits per heavy atom. The average molecular weight is 435 g/mol. The zero-order valence-corrected chi connectivity index (χ0v) is 22.4. The summed E-state index contributed by atoms with van der Waals surface area (Å²) in [5.41, 5.74) is 2.61. The van der Waals surface area contributed by atoms with E-state index in [9.17, 15) is 0 Å². The van der Waals surface area contributed by atoms with Gasteiger partial charge in [-0.3, -0.25) is 0 Å². The lowest BCUT2D eigenvalue weighted by molar-refractivity contribution is -0.0715. The summed E-state index contributed by atoms with van der Waals surface area (Å²) in [4.78, 5) is 0. The molecule has 0 aliphatic heterocycles. The lowest BCUT2D eigenvalue weighted by Gasteiger charge is -2.58. The Kier molecular flexibility index (Phi) is 5.62. The molecule has 0 N–H and O–H groups in total. The van der Waals surface area contributed by atoms with Crippen molar-refractivity contribution in [1.82, 2.24) is 0 Å². The maximum Gasteiger partial charge on any atom is 0.184 e. The molecule has 4 heteroatoms. The largest absolute Gasteiger partial charge is 0.414 e. The second-order valence-corrected chi connectivity index (χ2v) is 22.1. The van der Waals surface area contributed by atoms with Gasteiger partial charge in [0, 0.05) is 0 Å². The third-order valence-corrected chi connectivity index (χ3v) is 11.0. The van der Waals surface area contributed by atoms with Crippen LogP contribution in [0.1, 0.15) is 65.2 Å². The van der Waals surface area contributed by atoms with E-state index in [0.717, 1.165) is 17.8 Å². The third-order valence-electron chi connectivity index (χ3n) is 8.99. The van der Waals surface area contributed by atoms with Crippen molar-refractivity contribution in [2.45, 2.75) is 117 Å². The molecule has 0 aromatic rings. The lowest BCUT2D eigenvalue weighted by atomic mass is 9.47. The molecule has 0 aromatic carbocycles. The normalized spacial score (nSPS) is 45.2. The van der Waals surface area contributed by atoms with Gasteiger partial charge in [0.15, 0.2) is 16.6 Å². The van der Waals surface area contributed by atoms with Crippen LogP contribution in [0.25, 0.3) is 0 Å². The molecular weight excluding hydrogens is 388 g/mol. The van der Waals surface area contributed by atoms with Gasteiger partial charge in [-0.15, -0.1) is 0 Å². The molecule has 0 heterocycles. The van der Waals surface area contributed by atoms with E-state index < -0.39 is 16.6 Å². The molecule has 3 fully saturated rings. The van der Waals surface area contributed by atoms with Crippen LogP contribution in [0.15, 0.2) is 11.6 Å². The number of fused-ring (bicyclic) bond motifs is 5. The van der Waals surface area contributed by atoms with Gasteiger partial charge < -0.3 is 8.85 Å². The summed E-state index contributed by atoms with van der Waals surface area (Å²) < 4.78 is 13.3. The minimum atomic E-state index is -1.48. The number of hydrogen-bond donors (Lipinski definition) is 0. The molecule has 4 rings (SSSR count). The first-order valence-corrected chi connectivity index (χ1v) is 19.2. The topological polar surface area (TPSA) is 18.5 Å². The minimum absolute atomic E-state index is 0.385. The van der Waals surface area contributed by atoms with Crippen molar-refractivity contribution in [3.05, 3.63) is 11.6 Å². The van der Waals surface area contributed by atoms with Gasteiger partial charge in [0.25, 0.3) is 0 Å². The van der Waals surface area contributed by atoms with E-state index >= 15 is 0 Å². The van der Waals surface area contributed by atoms with E-state index in [1.807, 2.05) is 0 Å². The third kappa shape index (κ3) is 4.13. The fourth-order valence-electron chi connectivity index (χ4n) is 7.82. The van der Waals surface area contributed by atoms with Gasteiger partial charge >= 0.3 is 0 Å². The lowest BCUT2D eigenvalue weighted by Crippen LogP contribution is -2.52. The van der Waals surface area contributed by atoms with Gasteiger partial charge in [-0.1, -0.05) is 25.5 Å². The maximum absolute atomic E-state index is 6.76. The van der Waals surface area contributed by atoms with E-state index in [-0.39, 0.29) is 0 Å². The summed E-state index contributed by atoms with van der Waals surface area (Å²) in [5.74, 6) is 2.69. The van der Waals surface area contributed by atoms with E-state index in [1.165, 1.54) is 51.4 Å². The number of allylic oxidation sites excluding steroid dienone is 1. The summed E-state index contributed by atoms with van der Waals surface area (Å²) in [7, 11) is -2.95. The molecule has 0 unspecified atom stereocenters. The van der Waals surface area contributed by atoms with Gasteiger partial charge in [-0.2, -0.15) is 0 Å². The van der Waals surface area contributed by atoms with Crippen molar-refractivity contribution >= 4 is 16.6 Å². The minimum Gasteiger partial charge on any atom is -0.414 e. The monoisotopic (exact) mass is 434 g/mol. The van der Waals surface area contributed by atoms with Crippen LogP contribution < -0.4 is 0 Å². The second-order valence-electron chi connectivity index (χ2n) is 13.2. The van der Waals surface area contributed by atoms with E-state index in [4.69, 9.17) is 8.85 Å².